The van der Waals surface area contributed by atoms with Gasteiger partial charge in [0.2, 0.25) is 0 Å². The lowest BCUT2D eigenvalue weighted by Crippen LogP contribution is -2.50. The summed E-state index contributed by atoms with van der Waals surface area (Å²) in [6.07, 6.45) is 0.182. The van der Waals surface area contributed by atoms with E-state index in [9.17, 15) is 14.0 Å². The number of aliphatic carboxylic acids is 1. The molecule has 5 nitrogen and oxygen atoms in total. The lowest BCUT2D eigenvalue weighted by molar-refractivity contribution is -0.142. The van der Waals surface area contributed by atoms with Crippen LogP contribution in [-0.2, 0) is 4.79 Å². The van der Waals surface area contributed by atoms with Crippen LogP contribution in [-0.4, -0.2) is 40.5 Å². The molecule has 102 valence electrons. The minimum Gasteiger partial charge on any atom is -0.480 e. The van der Waals surface area contributed by atoms with Crippen LogP contribution < -0.4 is 5.73 Å². The minimum absolute atomic E-state index is 0.0792. The number of rotatable bonds is 2. The lowest BCUT2D eigenvalue weighted by Gasteiger charge is -2.20. The zero-order valence-corrected chi connectivity index (χ0v) is 11.5. The molecule has 3 N–H and O–H groups in total. The highest BCUT2D eigenvalue weighted by molar-refractivity contribution is 9.10. The molecule has 0 aliphatic carbocycles. The van der Waals surface area contributed by atoms with E-state index >= 15 is 0 Å². The van der Waals surface area contributed by atoms with Crippen LogP contribution in [0.4, 0.5) is 4.39 Å². The van der Waals surface area contributed by atoms with Crippen molar-refractivity contribution in [1.82, 2.24) is 4.90 Å². The molecule has 1 amide bonds. The number of carboxylic acids is 1. The maximum atomic E-state index is 13.2. The van der Waals surface area contributed by atoms with Gasteiger partial charge >= 0.3 is 5.97 Å². The van der Waals surface area contributed by atoms with Crippen LogP contribution in [0.15, 0.2) is 22.7 Å². The van der Waals surface area contributed by atoms with E-state index in [0.29, 0.717) is 4.47 Å². The molecule has 2 rings (SSSR count). The van der Waals surface area contributed by atoms with Gasteiger partial charge in [-0.15, -0.1) is 0 Å². The summed E-state index contributed by atoms with van der Waals surface area (Å²) in [5.74, 6) is -2.09. The van der Waals surface area contributed by atoms with E-state index in [2.05, 4.69) is 15.9 Å². The number of nitrogens with two attached hydrogens (primary N) is 1. The average Bonchev–Trinajstić information content (AvgIpc) is 2.76. The zero-order valence-electron chi connectivity index (χ0n) is 9.90. The molecular weight excluding hydrogens is 319 g/mol. The van der Waals surface area contributed by atoms with Gasteiger partial charge in [0.05, 0.1) is 5.56 Å². The Balaban J connectivity index is 2.22. The topological polar surface area (TPSA) is 83.6 Å². The van der Waals surface area contributed by atoms with Gasteiger partial charge in [-0.2, -0.15) is 0 Å². The number of hydrogen-bond donors (Lipinski definition) is 2. The van der Waals surface area contributed by atoms with E-state index < -0.39 is 23.2 Å². The molecule has 1 aromatic carbocycles. The minimum atomic E-state index is -1.42. The standard InChI is InChI=1S/C12H12BrFN2O3/c13-9-2-1-7(14)5-8(9)10(17)16-4-3-12(15,6-16)11(18)19/h1-2,5H,3-4,6,15H2,(H,18,19). The summed E-state index contributed by atoms with van der Waals surface area (Å²) in [5, 5.41) is 9.01. The van der Waals surface area contributed by atoms with Crippen LogP contribution in [0, 0.1) is 5.82 Å². The maximum absolute atomic E-state index is 13.2. The molecule has 19 heavy (non-hydrogen) atoms. The predicted octanol–water partition coefficient (Wildman–Crippen LogP) is 1.22. The molecule has 7 heteroatoms. The molecule has 1 atom stereocenters. The fraction of sp³-hybridized carbons (Fsp3) is 0.333. The largest absolute Gasteiger partial charge is 0.480 e. The second-order valence-electron chi connectivity index (χ2n) is 4.56. The molecule has 1 heterocycles. The number of halogens is 2. The van der Waals surface area contributed by atoms with Crippen molar-refractivity contribution in [3.8, 4) is 0 Å². The molecule has 0 spiro atoms. The fourth-order valence-electron chi connectivity index (χ4n) is 2.01. The monoisotopic (exact) mass is 330 g/mol. The van der Waals surface area contributed by atoms with Gasteiger partial charge in [-0.1, -0.05) is 0 Å². The highest BCUT2D eigenvalue weighted by Crippen LogP contribution is 2.25. The summed E-state index contributed by atoms with van der Waals surface area (Å²) < 4.78 is 13.6. The Morgan fingerprint density at radius 1 is 1.47 bits per heavy atom. The number of carbonyl (C=O) groups is 2. The first-order valence-electron chi connectivity index (χ1n) is 5.60. The second kappa shape index (κ2) is 4.90. The predicted molar refractivity (Wildman–Crippen MR) is 69.2 cm³/mol. The summed E-state index contributed by atoms with van der Waals surface area (Å²) in [4.78, 5) is 24.6. The average molecular weight is 331 g/mol. The first kappa shape index (κ1) is 14.0. The summed E-state index contributed by atoms with van der Waals surface area (Å²) >= 11 is 3.17. The summed E-state index contributed by atoms with van der Waals surface area (Å²) in [6.45, 7) is 0.161. The van der Waals surface area contributed by atoms with Gasteiger partial charge < -0.3 is 15.7 Å². The third-order valence-corrected chi connectivity index (χ3v) is 3.86. The summed E-state index contributed by atoms with van der Waals surface area (Å²) in [6, 6.07) is 3.78. The van der Waals surface area contributed by atoms with Crippen LogP contribution in [0.25, 0.3) is 0 Å². The van der Waals surface area contributed by atoms with Crippen LogP contribution in [0.2, 0.25) is 0 Å². The van der Waals surface area contributed by atoms with Crippen molar-refractivity contribution in [2.75, 3.05) is 13.1 Å². The van der Waals surface area contributed by atoms with Gasteiger partial charge in [0, 0.05) is 17.6 Å². The normalized spacial score (nSPS) is 22.6. The van der Waals surface area contributed by atoms with E-state index in [1.54, 1.807) is 0 Å². The molecule has 1 aliphatic heterocycles. The van der Waals surface area contributed by atoms with E-state index in [1.807, 2.05) is 0 Å². The highest BCUT2D eigenvalue weighted by Gasteiger charge is 2.43. The van der Waals surface area contributed by atoms with E-state index in [4.69, 9.17) is 10.8 Å². The quantitative estimate of drug-likeness (QED) is 0.853. The van der Waals surface area contributed by atoms with Gasteiger partial charge in [0.15, 0.2) is 0 Å². The van der Waals surface area contributed by atoms with Crippen molar-refractivity contribution in [2.24, 2.45) is 5.73 Å². The number of carboxylic acid groups (broad SMARTS) is 1. The number of hydrogen-bond acceptors (Lipinski definition) is 3. The van der Waals surface area contributed by atoms with Crippen LogP contribution in [0.3, 0.4) is 0 Å². The Kier molecular flexibility index (Phi) is 3.60. The third kappa shape index (κ3) is 2.62. The Morgan fingerprint density at radius 2 is 2.16 bits per heavy atom. The highest BCUT2D eigenvalue weighted by atomic mass is 79.9. The van der Waals surface area contributed by atoms with Crippen LogP contribution in [0.1, 0.15) is 16.8 Å². The molecule has 0 radical (unpaired) electrons. The van der Waals surface area contributed by atoms with Crippen LogP contribution in [0.5, 0.6) is 0 Å². The molecule has 1 fully saturated rings. The molecule has 0 bridgehead atoms. The molecule has 1 saturated heterocycles. The van der Waals surface area contributed by atoms with Gasteiger partial charge in [-0.3, -0.25) is 9.59 Å². The Bertz CT molecular complexity index is 552. The first-order valence-corrected chi connectivity index (χ1v) is 6.39. The molecular formula is C12H12BrFN2O3. The smallest absolute Gasteiger partial charge is 0.325 e. The van der Waals surface area contributed by atoms with Crippen molar-refractivity contribution in [2.45, 2.75) is 12.0 Å². The van der Waals surface area contributed by atoms with E-state index in [0.717, 1.165) is 6.07 Å². The fourth-order valence-corrected chi connectivity index (χ4v) is 2.43. The van der Waals surface area contributed by atoms with Crippen LogP contribution >= 0.6 is 15.9 Å². The number of nitrogens with zero attached hydrogens (tertiary/aromatic N) is 1. The van der Waals surface area contributed by atoms with Crippen molar-refractivity contribution in [3.63, 3.8) is 0 Å². The Labute approximate surface area is 117 Å². The molecule has 0 aromatic heterocycles. The van der Waals surface area contributed by atoms with E-state index in [-0.39, 0.29) is 25.1 Å². The maximum Gasteiger partial charge on any atom is 0.325 e. The molecule has 1 unspecified atom stereocenters. The van der Waals surface area contributed by atoms with E-state index in [1.165, 1.54) is 17.0 Å². The van der Waals surface area contributed by atoms with Gasteiger partial charge in [0.25, 0.3) is 5.91 Å². The number of likely N-dealkylation sites (tertiary alicyclic amines) is 1. The molecule has 0 saturated carbocycles. The van der Waals surface area contributed by atoms with Crippen molar-refractivity contribution < 1.29 is 19.1 Å². The van der Waals surface area contributed by atoms with Crippen molar-refractivity contribution in [3.05, 3.63) is 34.1 Å². The Morgan fingerprint density at radius 3 is 2.74 bits per heavy atom. The third-order valence-electron chi connectivity index (χ3n) is 3.17. The second-order valence-corrected chi connectivity index (χ2v) is 5.42. The number of benzene rings is 1. The Hall–Kier alpha value is -1.47. The molecule has 1 aromatic rings. The van der Waals surface area contributed by atoms with Crippen molar-refractivity contribution >= 4 is 27.8 Å². The SMILES string of the molecule is NC1(C(=O)O)CCN(C(=O)c2cc(F)ccc2Br)C1. The number of amides is 1. The van der Waals surface area contributed by atoms with Crippen molar-refractivity contribution in [1.29, 1.82) is 0 Å². The summed E-state index contributed by atoms with van der Waals surface area (Å²) in [5.41, 5.74) is 4.44. The summed E-state index contributed by atoms with van der Waals surface area (Å²) in [7, 11) is 0. The van der Waals surface area contributed by atoms with Gasteiger partial charge in [0.1, 0.15) is 11.4 Å². The lowest BCUT2D eigenvalue weighted by atomic mass is 10.0. The molecule has 1 aliphatic rings. The first-order chi connectivity index (χ1) is 8.83. The number of carbonyl (C=O) groups excluding carboxylic acids is 1. The van der Waals surface area contributed by atoms with Gasteiger partial charge in [-0.25, -0.2) is 4.39 Å². The zero-order chi connectivity index (χ0) is 14.2. The van der Waals surface area contributed by atoms with Gasteiger partial charge in [-0.05, 0) is 40.5 Å².